The van der Waals surface area contributed by atoms with Crippen molar-refractivity contribution in [3.63, 3.8) is 0 Å². The smallest absolute Gasteiger partial charge is 0.296 e. The number of rotatable bonds is 5. The molecular weight excluding hydrogens is 220 g/mol. The number of phenols is 1. The van der Waals surface area contributed by atoms with Gasteiger partial charge < -0.3 is 10.4 Å². The maximum atomic E-state index is 10.8. The van der Waals surface area contributed by atoms with Crippen molar-refractivity contribution in [2.45, 2.75) is 33.2 Å². The van der Waals surface area contributed by atoms with E-state index in [0.717, 1.165) is 12.5 Å². The molecule has 0 aromatic heterocycles. The third kappa shape index (κ3) is 3.94. The predicted octanol–water partition coefficient (Wildman–Crippen LogP) is 3.15. The van der Waals surface area contributed by atoms with E-state index in [2.05, 4.69) is 19.2 Å². The molecule has 1 aromatic rings. The van der Waals surface area contributed by atoms with E-state index in [0.29, 0.717) is 11.6 Å². The van der Waals surface area contributed by atoms with Gasteiger partial charge in [0.15, 0.2) is 0 Å². The highest BCUT2D eigenvalue weighted by atomic mass is 16.6. The average molecular weight is 238 g/mol. The lowest BCUT2D eigenvalue weighted by Crippen LogP contribution is -2.18. The normalized spacial score (nSPS) is 12.5. The lowest BCUT2D eigenvalue weighted by atomic mass is 10.0. The molecule has 0 aliphatic heterocycles. The van der Waals surface area contributed by atoms with Gasteiger partial charge >= 0.3 is 0 Å². The van der Waals surface area contributed by atoms with Gasteiger partial charge in [-0.1, -0.05) is 13.8 Å². The number of nitrogens with one attached hydrogen (secondary N) is 1. The first-order chi connectivity index (χ1) is 7.90. The van der Waals surface area contributed by atoms with Crippen LogP contribution in [0.2, 0.25) is 0 Å². The fraction of sp³-hybridized carbons (Fsp3) is 0.500. The van der Waals surface area contributed by atoms with E-state index in [1.807, 2.05) is 6.92 Å². The molecule has 0 fully saturated rings. The van der Waals surface area contributed by atoms with Crippen LogP contribution >= 0.6 is 0 Å². The minimum atomic E-state index is -0.496. The summed E-state index contributed by atoms with van der Waals surface area (Å²) in [5.41, 5.74) is 0.349. The molecule has 1 atom stereocenters. The average Bonchev–Trinajstić information content (AvgIpc) is 2.19. The largest absolute Gasteiger partial charge is 0.508 e. The highest BCUT2D eigenvalue weighted by molar-refractivity contribution is 5.64. The van der Waals surface area contributed by atoms with Gasteiger partial charge in [-0.2, -0.15) is 0 Å². The van der Waals surface area contributed by atoms with Gasteiger partial charge in [0.1, 0.15) is 11.4 Å². The summed E-state index contributed by atoms with van der Waals surface area (Å²) in [5, 5.41) is 23.2. The molecule has 0 bridgehead atoms. The van der Waals surface area contributed by atoms with E-state index in [-0.39, 0.29) is 17.5 Å². The summed E-state index contributed by atoms with van der Waals surface area (Å²) in [6.07, 6.45) is 0.929. The van der Waals surface area contributed by atoms with Crippen LogP contribution in [0.15, 0.2) is 18.2 Å². The second-order valence-electron chi connectivity index (χ2n) is 4.63. The van der Waals surface area contributed by atoms with Crippen LogP contribution in [0.1, 0.15) is 27.2 Å². The molecule has 5 nitrogen and oxygen atoms in total. The molecule has 0 spiro atoms. The zero-order valence-electron chi connectivity index (χ0n) is 10.3. The molecule has 0 heterocycles. The van der Waals surface area contributed by atoms with Crippen LogP contribution in [0.25, 0.3) is 0 Å². The Morgan fingerprint density at radius 2 is 2.06 bits per heavy atom. The second-order valence-corrected chi connectivity index (χ2v) is 4.63. The quantitative estimate of drug-likeness (QED) is 0.469. The van der Waals surface area contributed by atoms with Crippen molar-refractivity contribution in [2.24, 2.45) is 5.92 Å². The van der Waals surface area contributed by atoms with Gasteiger partial charge in [-0.15, -0.1) is 0 Å². The minimum Gasteiger partial charge on any atom is -0.508 e. The topological polar surface area (TPSA) is 75.4 Å². The van der Waals surface area contributed by atoms with Crippen LogP contribution < -0.4 is 5.32 Å². The molecule has 5 heteroatoms. The minimum absolute atomic E-state index is 0.0967. The summed E-state index contributed by atoms with van der Waals surface area (Å²) >= 11 is 0. The van der Waals surface area contributed by atoms with Crippen molar-refractivity contribution in [1.82, 2.24) is 0 Å². The summed E-state index contributed by atoms with van der Waals surface area (Å²) in [6, 6.07) is 4.28. The van der Waals surface area contributed by atoms with Crippen molar-refractivity contribution >= 4 is 11.4 Å². The molecule has 94 valence electrons. The molecule has 0 aliphatic rings. The Labute approximate surface area is 101 Å². The summed E-state index contributed by atoms with van der Waals surface area (Å²) in [5.74, 6) is 0.424. The van der Waals surface area contributed by atoms with Crippen molar-refractivity contribution in [2.75, 3.05) is 5.32 Å². The molecule has 0 amide bonds. The maximum Gasteiger partial charge on any atom is 0.296 e. The van der Waals surface area contributed by atoms with Gasteiger partial charge in [0, 0.05) is 6.04 Å². The zero-order chi connectivity index (χ0) is 13.0. The lowest BCUT2D eigenvalue weighted by molar-refractivity contribution is -0.384. The number of phenolic OH excluding ortho intramolecular Hbond substituents is 1. The Morgan fingerprint density at radius 1 is 1.41 bits per heavy atom. The Morgan fingerprint density at radius 3 is 2.59 bits per heavy atom. The molecule has 2 N–H and O–H groups in total. The molecule has 1 unspecified atom stereocenters. The van der Waals surface area contributed by atoms with Crippen LogP contribution in [0.3, 0.4) is 0 Å². The van der Waals surface area contributed by atoms with Gasteiger partial charge in [-0.3, -0.25) is 10.1 Å². The monoisotopic (exact) mass is 238 g/mol. The highest BCUT2D eigenvalue weighted by Gasteiger charge is 2.16. The Bertz CT molecular complexity index is 405. The first-order valence-corrected chi connectivity index (χ1v) is 5.64. The molecule has 17 heavy (non-hydrogen) atoms. The van der Waals surface area contributed by atoms with Crippen molar-refractivity contribution in [1.29, 1.82) is 0 Å². The summed E-state index contributed by atoms with van der Waals surface area (Å²) < 4.78 is 0. The summed E-state index contributed by atoms with van der Waals surface area (Å²) in [6.45, 7) is 6.18. The number of hydrogen-bond acceptors (Lipinski definition) is 4. The number of nitrogens with zero attached hydrogens (tertiary/aromatic N) is 1. The predicted molar refractivity (Wildman–Crippen MR) is 67.3 cm³/mol. The Hall–Kier alpha value is -1.78. The van der Waals surface area contributed by atoms with Crippen LogP contribution in [-0.2, 0) is 0 Å². The molecule has 1 rings (SSSR count). The van der Waals surface area contributed by atoms with Crippen LogP contribution in [-0.4, -0.2) is 16.1 Å². The third-order valence-electron chi connectivity index (χ3n) is 2.40. The van der Waals surface area contributed by atoms with Crippen LogP contribution in [0.4, 0.5) is 11.4 Å². The standard InChI is InChI=1S/C12H18N2O3/c1-8(2)6-9(3)13-11-5-4-10(15)7-12(11)14(16)17/h4-5,7-9,13,15H,6H2,1-3H3. The Kier molecular flexibility index (Phi) is 4.31. The van der Waals surface area contributed by atoms with E-state index in [1.165, 1.54) is 12.1 Å². The second kappa shape index (κ2) is 5.52. The molecular formula is C12H18N2O3. The number of aromatic hydroxyl groups is 1. The van der Waals surface area contributed by atoms with E-state index in [4.69, 9.17) is 0 Å². The third-order valence-corrected chi connectivity index (χ3v) is 2.40. The summed E-state index contributed by atoms with van der Waals surface area (Å²) in [7, 11) is 0. The molecule has 0 radical (unpaired) electrons. The van der Waals surface area contributed by atoms with E-state index >= 15 is 0 Å². The molecule has 0 saturated carbocycles. The van der Waals surface area contributed by atoms with Crippen LogP contribution in [0.5, 0.6) is 5.75 Å². The van der Waals surface area contributed by atoms with E-state index in [1.54, 1.807) is 0 Å². The van der Waals surface area contributed by atoms with Crippen LogP contribution in [0, 0.1) is 16.0 Å². The van der Waals surface area contributed by atoms with Gasteiger partial charge in [0.25, 0.3) is 5.69 Å². The molecule has 0 saturated heterocycles. The van der Waals surface area contributed by atoms with Gasteiger partial charge in [-0.05, 0) is 31.4 Å². The fourth-order valence-electron chi connectivity index (χ4n) is 1.82. The lowest BCUT2D eigenvalue weighted by Gasteiger charge is -2.17. The summed E-state index contributed by atoms with van der Waals surface area (Å²) in [4.78, 5) is 10.3. The number of anilines is 1. The van der Waals surface area contributed by atoms with E-state index in [9.17, 15) is 15.2 Å². The number of nitro groups is 1. The van der Waals surface area contributed by atoms with Gasteiger partial charge in [0.2, 0.25) is 0 Å². The van der Waals surface area contributed by atoms with Gasteiger partial charge in [-0.25, -0.2) is 0 Å². The molecule has 0 aliphatic carbocycles. The highest BCUT2D eigenvalue weighted by Crippen LogP contribution is 2.29. The maximum absolute atomic E-state index is 10.8. The number of hydrogen-bond donors (Lipinski definition) is 2. The van der Waals surface area contributed by atoms with E-state index < -0.39 is 4.92 Å². The van der Waals surface area contributed by atoms with Crippen molar-refractivity contribution in [3.05, 3.63) is 28.3 Å². The zero-order valence-corrected chi connectivity index (χ0v) is 10.3. The molecule has 1 aromatic carbocycles. The number of benzene rings is 1. The van der Waals surface area contributed by atoms with Crippen molar-refractivity contribution in [3.8, 4) is 5.75 Å². The SMILES string of the molecule is CC(C)CC(C)Nc1ccc(O)cc1[N+](=O)[O-]. The van der Waals surface area contributed by atoms with Gasteiger partial charge in [0.05, 0.1) is 11.0 Å². The first kappa shape index (κ1) is 13.3. The van der Waals surface area contributed by atoms with Crippen molar-refractivity contribution < 1.29 is 10.0 Å². The number of nitro benzene ring substituents is 1. The Balaban J connectivity index is 2.86. The first-order valence-electron chi connectivity index (χ1n) is 5.64. The fourth-order valence-corrected chi connectivity index (χ4v) is 1.82.